The number of rotatable bonds is 5. The smallest absolute Gasteiger partial charge is 0.328 e. The van der Waals surface area contributed by atoms with E-state index in [2.05, 4.69) is 0 Å². The normalized spacial score (nSPS) is 24.1. The van der Waals surface area contributed by atoms with Crippen LogP contribution in [0.4, 0.5) is 0 Å². The maximum atomic E-state index is 12.4. The molecule has 0 radical (unpaired) electrons. The Morgan fingerprint density at radius 1 is 1.22 bits per heavy atom. The standard InChI is InChI=1S/C15H20O8/c1-5-23-12(18)10-6-9(7-11(16)17)15(8(10)2,13(19)21-3)14(20)22-4/h7-8,10H,5-6H2,1-4H3,(H,16,17)/b9-7+/t8-,10-/m0/s1. The Morgan fingerprint density at radius 2 is 1.74 bits per heavy atom. The van der Waals surface area contributed by atoms with Gasteiger partial charge in [0.1, 0.15) is 0 Å². The Labute approximate surface area is 133 Å². The summed E-state index contributed by atoms with van der Waals surface area (Å²) in [4.78, 5) is 47.9. The van der Waals surface area contributed by atoms with Crippen LogP contribution >= 0.6 is 0 Å². The van der Waals surface area contributed by atoms with Crippen LogP contribution in [-0.2, 0) is 33.4 Å². The van der Waals surface area contributed by atoms with Gasteiger partial charge in [0.2, 0.25) is 0 Å². The summed E-state index contributed by atoms with van der Waals surface area (Å²) in [6.07, 6.45) is 0.653. The van der Waals surface area contributed by atoms with E-state index in [1.807, 2.05) is 0 Å². The van der Waals surface area contributed by atoms with Gasteiger partial charge >= 0.3 is 23.9 Å². The zero-order chi connectivity index (χ0) is 17.8. The average Bonchev–Trinajstić information content (AvgIpc) is 2.79. The van der Waals surface area contributed by atoms with Gasteiger partial charge in [-0.05, 0) is 18.9 Å². The Kier molecular flexibility index (Phi) is 5.89. The summed E-state index contributed by atoms with van der Waals surface area (Å²) in [5.41, 5.74) is -2.01. The van der Waals surface area contributed by atoms with E-state index in [1.54, 1.807) is 6.92 Å². The van der Waals surface area contributed by atoms with Gasteiger partial charge in [0.25, 0.3) is 0 Å². The molecule has 1 aliphatic rings. The fourth-order valence-corrected chi connectivity index (χ4v) is 3.07. The fraction of sp³-hybridized carbons (Fsp3) is 0.600. The van der Waals surface area contributed by atoms with Crippen LogP contribution in [0.15, 0.2) is 11.6 Å². The van der Waals surface area contributed by atoms with Gasteiger partial charge < -0.3 is 19.3 Å². The lowest BCUT2D eigenvalue weighted by Crippen LogP contribution is -2.46. The van der Waals surface area contributed by atoms with Crippen molar-refractivity contribution in [2.45, 2.75) is 20.3 Å². The van der Waals surface area contributed by atoms with Gasteiger partial charge in [-0.15, -0.1) is 0 Å². The zero-order valence-electron chi connectivity index (χ0n) is 13.5. The second-order valence-electron chi connectivity index (χ2n) is 5.15. The van der Waals surface area contributed by atoms with Gasteiger partial charge in [0.05, 0.1) is 26.7 Å². The topological polar surface area (TPSA) is 116 Å². The molecule has 1 fully saturated rings. The molecule has 2 atom stereocenters. The second kappa shape index (κ2) is 7.26. The lowest BCUT2D eigenvalue weighted by molar-refractivity contribution is -0.169. The minimum absolute atomic E-state index is 0.0331. The second-order valence-corrected chi connectivity index (χ2v) is 5.15. The van der Waals surface area contributed by atoms with Gasteiger partial charge in [-0.2, -0.15) is 0 Å². The molecule has 0 heterocycles. The lowest BCUT2D eigenvalue weighted by Gasteiger charge is -2.30. The summed E-state index contributed by atoms with van der Waals surface area (Å²) in [6.45, 7) is 3.25. The molecule has 1 aliphatic carbocycles. The molecule has 0 unspecified atom stereocenters. The van der Waals surface area contributed by atoms with Gasteiger partial charge in [0, 0.05) is 12.0 Å². The molecule has 1 saturated carbocycles. The van der Waals surface area contributed by atoms with Crippen molar-refractivity contribution < 1.29 is 38.5 Å². The fourth-order valence-electron chi connectivity index (χ4n) is 3.07. The van der Waals surface area contributed by atoms with Crippen LogP contribution in [0.3, 0.4) is 0 Å². The van der Waals surface area contributed by atoms with Crippen molar-refractivity contribution in [3.8, 4) is 0 Å². The van der Waals surface area contributed by atoms with Crippen LogP contribution in [0.2, 0.25) is 0 Å². The summed E-state index contributed by atoms with van der Waals surface area (Å²) >= 11 is 0. The number of carbonyl (C=O) groups is 4. The van der Waals surface area contributed by atoms with E-state index in [1.165, 1.54) is 6.92 Å². The summed E-state index contributed by atoms with van der Waals surface area (Å²) in [5, 5.41) is 9.03. The molecule has 23 heavy (non-hydrogen) atoms. The van der Waals surface area contributed by atoms with Crippen molar-refractivity contribution >= 4 is 23.9 Å². The van der Waals surface area contributed by atoms with Gasteiger partial charge in [-0.1, -0.05) is 6.92 Å². The van der Waals surface area contributed by atoms with Gasteiger partial charge in [-0.25, -0.2) is 4.79 Å². The number of esters is 3. The molecule has 1 N–H and O–H groups in total. The minimum Gasteiger partial charge on any atom is -0.478 e. The Bertz CT molecular complexity index is 532. The van der Waals surface area contributed by atoms with E-state index < -0.39 is 41.1 Å². The van der Waals surface area contributed by atoms with Crippen molar-refractivity contribution in [3.63, 3.8) is 0 Å². The summed E-state index contributed by atoms with van der Waals surface area (Å²) in [6, 6.07) is 0. The first-order valence-corrected chi connectivity index (χ1v) is 7.04. The highest BCUT2D eigenvalue weighted by Crippen LogP contribution is 2.52. The molecule has 0 aromatic rings. The predicted octanol–water partition coefficient (Wildman–Crippen LogP) is 0.549. The molecule has 0 spiro atoms. The number of aliphatic carboxylic acids is 1. The van der Waals surface area contributed by atoms with E-state index >= 15 is 0 Å². The molecule has 0 bridgehead atoms. The molecule has 0 saturated heterocycles. The van der Waals surface area contributed by atoms with Crippen LogP contribution in [0.5, 0.6) is 0 Å². The molecular weight excluding hydrogens is 308 g/mol. The van der Waals surface area contributed by atoms with Crippen LogP contribution in [-0.4, -0.2) is 49.8 Å². The minimum atomic E-state index is -1.97. The van der Waals surface area contributed by atoms with Crippen molar-refractivity contribution in [2.24, 2.45) is 17.3 Å². The summed E-state index contributed by atoms with van der Waals surface area (Å²) in [7, 11) is 2.16. The van der Waals surface area contributed by atoms with E-state index in [9.17, 15) is 19.2 Å². The molecule has 0 aliphatic heterocycles. The van der Waals surface area contributed by atoms with Crippen molar-refractivity contribution in [2.75, 3.05) is 20.8 Å². The largest absolute Gasteiger partial charge is 0.478 e. The predicted molar refractivity (Wildman–Crippen MR) is 76.1 cm³/mol. The van der Waals surface area contributed by atoms with Crippen LogP contribution in [0.1, 0.15) is 20.3 Å². The zero-order valence-corrected chi connectivity index (χ0v) is 13.5. The van der Waals surface area contributed by atoms with E-state index in [0.717, 1.165) is 20.3 Å². The van der Waals surface area contributed by atoms with Crippen molar-refractivity contribution in [1.29, 1.82) is 0 Å². The van der Waals surface area contributed by atoms with Gasteiger partial charge in [0.15, 0.2) is 5.41 Å². The maximum Gasteiger partial charge on any atom is 0.328 e. The number of carbonyl (C=O) groups excluding carboxylic acids is 3. The third-order valence-electron chi connectivity index (χ3n) is 4.13. The molecule has 1 rings (SSSR count). The van der Waals surface area contributed by atoms with E-state index in [4.69, 9.17) is 19.3 Å². The maximum absolute atomic E-state index is 12.4. The molecule has 0 aromatic carbocycles. The van der Waals surface area contributed by atoms with Crippen LogP contribution in [0, 0.1) is 17.3 Å². The van der Waals surface area contributed by atoms with Gasteiger partial charge in [-0.3, -0.25) is 14.4 Å². The molecular formula is C15H20O8. The first-order chi connectivity index (χ1) is 10.8. The number of methoxy groups -OCH3 is 2. The van der Waals surface area contributed by atoms with Crippen LogP contribution in [0.25, 0.3) is 0 Å². The van der Waals surface area contributed by atoms with Crippen molar-refractivity contribution in [3.05, 3.63) is 11.6 Å². The number of ether oxygens (including phenoxy) is 3. The molecule has 8 heteroatoms. The van der Waals surface area contributed by atoms with Crippen LogP contribution < -0.4 is 0 Å². The SMILES string of the molecule is CCOC(=O)[C@H]1C/C(=C\C(=O)O)C(C(=O)OC)(C(=O)OC)[C@H]1C. The number of carboxylic acids is 1. The first kappa shape index (κ1) is 18.7. The number of carboxylic acid groups (broad SMARTS) is 1. The Balaban J connectivity index is 3.52. The quantitative estimate of drug-likeness (QED) is 0.336. The number of hydrogen-bond acceptors (Lipinski definition) is 7. The monoisotopic (exact) mass is 328 g/mol. The number of hydrogen-bond donors (Lipinski definition) is 1. The molecule has 8 nitrogen and oxygen atoms in total. The molecule has 128 valence electrons. The summed E-state index contributed by atoms with van der Waals surface area (Å²) < 4.78 is 14.4. The summed E-state index contributed by atoms with van der Waals surface area (Å²) in [5.74, 6) is -5.59. The highest BCUT2D eigenvalue weighted by atomic mass is 16.5. The lowest BCUT2D eigenvalue weighted by atomic mass is 9.74. The highest BCUT2D eigenvalue weighted by Gasteiger charge is 2.63. The first-order valence-electron chi connectivity index (χ1n) is 7.04. The third kappa shape index (κ3) is 3.06. The molecule has 0 aromatic heterocycles. The highest BCUT2D eigenvalue weighted by molar-refractivity contribution is 6.06. The average molecular weight is 328 g/mol. The van der Waals surface area contributed by atoms with Crippen molar-refractivity contribution in [1.82, 2.24) is 0 Å². The molecule has 0 amide bonds. The third-order valence-corrected chi connectivity index (χ3v) is 4.13. The van der Waals surface area contributed by atoms with E-state index in [0.29, 0.717) is 0 Å². The Hall–Kier alpha value is -2.38. The van der Waals surface area contributed by atoms with E-state index in [-0.39, 0.29) is 18.6 Å². The Morgan fingerprint density at radius 3 is 2.13 bits per heavy atom.